The number of benzene rings is 2. The lowest BCUT2D eigenvalue weighted by Gasteiger charge is -2.25. The van der Waals surface area contributed by atoms with E-state index in [1.54, 1.807) is 24.3 Å². The number of anilines is 1. The van der Waals surface area contributed by atoms with Crippen molar-refractivity contribution in [3.8, 4) is 0 Å². The summed E-state index contributed by atoms with van der Waals surface area (Å²) in [4.78, 5) is 26.6. The van der Waals surface area contributed by atoms with Crippen LogP contribution in [-0.4, -0.2) is 38.1 Å². The Kier molecular flexibility index (Phi) is 5.55. The molecule has 1 aliphatic heterocycles. The SMILES string of the molecule is CC1(C)CC1NC(=O)c1cc2c(cc1F)S(=O)(=O)C[C@H](N)C(=O)N2Cc1ccc(Cl)cc1. The fraction of sp³-hybridized carbons (Fsp3) is 0.364. The van der Waals surface area contributed by atoms with E-state index in [0.717, 1.165) is 18.6 Å². The highest BCUT2D eigenvalue weighted by molar-refractivity contribution is 7.91. The number of hydrogen-bond donors (Lipinski definition) is 2. The second-order valence-corrected chi connectivity index (χ2v) is 11.4. The molecule has 2 amide bonds. The van der Waals surface area contributed by atoms with Gasteiger partial charge in [0.25, 0.3) is 5.91 Å². The Morgan fingerprint density at radius 1 is 1.28 bits per heavy atom. The Hall–Kier alpha value is -2.49. The number of nitrogens with zero attached hydrogens (tertiary/aromatic N) is 1. The van der Waals surface area contributed by atoms with Crippen molar-refractivity contribution in [1.29, 1.82) is 0 Å². The lowest BCUT2D eigenvalue weighted by Crippen LogP contribution is -2.45. The molecule has 7 nitrogen and oxygen atoms in total. The predicted molar refractivity (Wildman–Crippen MR) is 119 cm³/mol. The van der Waals surface area contributed by atoms with Gasteiger partial charge in [-0.05, 0) is 41.7 Å². The minimum absolute atomic E-state index is 0.0193. The molecule has 3 N–H and O–H groups in total. The highest BCUT2D eigenvalue weighted by Crippen LogP contribution is 2.45. The number of halogens is 2. The summed E-state index contributed by atoms with van der Waals surface area (Å²) < 4.78 is 40.6. The zero-order valence-corrected chi connectivity index (χ0v) is 19.1. The van der Waals surface area contributed by atoms with Crippen molar-refractivity contribution >= 4 is 38.9 Å². The van der Waals surface area contributed by atoms with E-state index >= 15 is 0 Å². The molecule has 1 fully saturated rings. The molecule has 2 aliphatic rings. The minimum atomic E-state index is -4.07. The van der Waals surface area contributed by atoms with E-state index in [-0.39, 0.29) is 34.1 Å². The monoisotopic (exact) mass is 479 g/mol. The zero-order chi connectivity index (χ0) is 23.4. The first kappa shape index (κ1) is 22.7. The molecule has 10 heteroatoms. The first-order chi connectivity index (χ1) is 14.9. The molecule has 1 heterocycles. The zero-order valence-electron chi connectivity index (χ0n) is 17.6. The fourth-order valence-electron chi connectivity index (χ4n) is 3.78. The van der Waals surface area contributed by atoms with E-state index < -0.39 is 39.3 Å². The van der Waals surface area contributed by atoms with Gasteiger partial charge >= 0.3 is 0 Å². The van der Waals surface area contributed by atoms with Gasteiger partial charge in [-0.25, -0.2) is 12.8 Å². The molecule has 32 heavy (non-hydrogen) atoms. The van der Waals surface area contributed by atoms with Crippen molar-refractivity contribution in [3.63, 3.8) is 0 Å². The van der Waals surface area contributed by atoms with E-state index in [0.29, 0.717) is 10.6 Å². The molecule has 0 saturated heterocycles. The summed E-state index contributed by atoms with van der Waals surface area (Å²) in [5.41, 5.74) is 6.06. The Bertz CT molecular complexity index is 1210. The lowest BCUT2D eigenvalue weighted by atomic mass is 10.1. The molecule has 1 aliphatic carbocycles. The van der Waals surface area contributed by atoms with Crippen LogP contribution >= 0.6 is 11.6 Å². The topological polar surface area (TPSA) is 110 Å². The molecular formula is C22H23ClFN3O4S. The molecule has 170 valence electrons. The van der Waals surface area contributed by atoms with Crippen molar-refractivity contribution in [1.82, 2.24) is 5.32 Å². The van der Waals surface area contributed by atoms with E-state index in [9.17, 15) is 22.4 Å². The van der Waals surface area contributed by atoms with Gasteiger partial charge in [-0.15, -0.1) is 0 Å². The van der Waals surface area contributed by atoms with Crippen molar-refractivity contribution < 1.29 is 22.4 Å². The summed E-state index contributed by atoms with van der Waals surface area (Å²) in [6.45, 7) is 3.94. The van der Waals surface area contributed by atoms with Crippen LogP contribution in [0.5, 0.6) is 0 Å². The number of carbonyl (C=O) groups is 2. The summed E-state index contributed by atoms with van der Waals surface area (Å²) in [6, 6.07) is 7.15. The quantitative estimate of drug-likeness (QED) is 0.700. The lowest BCUT2D eigenvalue weighted by molar-refractivity contribution is -0.119. The van der Waals surface area contributed by atoms with Crippen molar-refractivity contribution in [2.45, 2.75) is 43.8 Å². The van der Waals surface area contributed by atoms with Gasteiger partial charge in [0.2, 0.25) is 5.91 Å². The average molecular weight is 480 g/mol. The summed E-state index contributed by atoms with van der Waals surface area (Å²) >= 11 is 5.92. The number of rotatable bonds is 4. The van der Waals surface area contributed by atoms with Gasteiger partial charge in [0.15, 0.2) is 9.84 Å². The van der Waals surface area contributed by atoms with E-state index in [1.807, 2.05) is 13.8 Å². The van der Waals surface area contributed by atoms with Crippen LogP contribution in [-0.2, 0) is 21.2 Å². The average Bonchev–Trinajstić information content (AvgIpc) is 3.32. The van der Waals surface area contributed by atoms with E-state index in [2.05, 4.69) is 5.32 Å². The molecule has 1 unspecified atom stereocenters. The maximum atomic E-state index is 14.9. The maximum Gasteiger partial charge on any atom is 0.254 e. The molecule has 0 radical (unpaired) electrons. The highest BCUT2D eigenvalue weighted by atomic mass is 35.5. The summed E-state index contributed by atoms with van der Waals surface area (Å²) in [5.74, 6) is -2.93. The minimum Gasteiger partial charge on any atom is -0.349 e. The summed E-state index contributed by atoms with van der Waals surface area (Å²) in [7, 11) is -4.07. The van der Waals surface area contributed by atoms with Gasteiger partial charge in [0.1, 0.15) is 5.82 Å². The molecule has 1 saturated carbocycles. The third kappa shape index (κ3) is 4.24. The van der Waals surface area contributed by atoms with Gasteiger partial charge in [-0.2, -0.15) is 0 Å². The molecular weight excluding hydrogens is 457 g/mol. The second-order valence-electron chi connectivity index (χ2n) is 8.96. The molecule has 0 bridgehead atoms. The highest BCUT2D eigenvalue weighted by Gasteiger charge is 2.47. The number of sulfone groups is 1. The van der Waals surface area contributed by atoms with Gasteiger partial charge in [0.05, 0.1) is 34.5 Å². The van der Waals surface area contributed by atoms with Gasteiger partial charge in [0, 0.05) is 11.1 Å². The predicted octanol–water partition coefficient (Wildman–Crippen LogP) is 2.66. The molecule has 0 spiro atoms. The second kappa shape index (κ2) is 7.83. The van der Waals surface area contributed by atoms with Crippen LogP contribution in [0, 0.1) is 11.2 Å². The van der Waals surface area contributed by atoms with Crippen LogP contribution in [0.25, 0.3) is 0 Å². The van der Waals surface area contributed by atoms with Crippen molar-refractivity contribution in [2.24, 2.45) is 11.1 Å². The van der Waals surface area contributed by atoms with Crippen molar-refractivity contribution in [3.05, 3.63) is 58.4 Å². The van der Waals surface area contributed by atoms with Crippen LogP contribution in [0.1, 0.15) is 36.2 Å². The molecule has 4 rings (SSSR count). The summed E-state index contributed by atoms with van der Waals surface area (Å²) in [5, 5.41) is 3.26. The Morgan fingerprint density at radius 2 is 1.91 bits per heavy atom. The fourth-order valence-corrected chi connectivity index (χ4v) is 5.47. The number of hydrogen-bond acceptors (Lipinski definition) is 5. The van der Waals surface area contributed by atoms with Crippen LogP contribution in [0.4, 0.5) is 10.1 Å². The third-order valence-corrected chi connectivity index (χ3v) is 8.02. The number of fused-ring (bicyclic) bond motifs is 1. The largest absolute Gasteiger partial charge is 0.349 e. The van der Waals surface area contributed by atoms with Crippen LogP contribution in [0.2, 0.25) is 5.02 Å². The molecule has 0 aromatic heterocycles. The number of amides is 2. The van der Waals surface area contributed by atoms with E-state index in [1.165, 1.54) is 4.90 Å². The molecule has 2 aromatic carbocycles. The normalized spacial score (nSPS) is 23.3. The number of nitrogens with one attached hydrogen (secondary N) is 1. The van der Waals surface area contributed by atoms with Gasteiger partial charge in [-0.1, -0.05) is 37.6 Å². The number of nitrogens with two attached hydrogens (primary N) is 1. The third-order valence-electron chi connectivity index (χ3n) is 5.97. The Balaban J connectivity index is 1.80. The molecule has 2 aromatic rings. The van der Waals surface area contributed by atoms with E-state index in [4.69, 9.17) is 17.3 Å². The number of carbonyl (C=O) groups excluding carboxylic acids is 2. The standard InChI is InChI=1S/C22H23ClFN3O4S/c1-22(2)9-19(22)26-20(28)14-7-17-18(8-15(14)24)32(30,31)11-16(25)21(29)27(17)10-12-3-5-13(23)6-4-12/h3-8,16,19H,9-11,25H2,1-2H3,(H,26,28)/t16-,19?/m0/s1. The van der Waals surface area contributed by atoms with Crippen molar-refractivity contribution in [2.75, 3.05) is 10.7 Å². The Labute approximate surface area is 190 Å². The molecule has 2 atom stereocenters. The van der Waals surface area contributed by atoms with Crippen LogP contribution in [0.15, 0.2) is 41.3 Å². The smallest absolute Gasteiger partial charge is 0.254 e. The maximum absolute atomic E-state index is 14.9. The summed E-state index contributed by atoms with van der Waals surface area (Å²) in [6.07, 6.45) is 0.760. The van der Waals surface area contributed by atoms with Crippen LogP contribution < -0.4 is 16.0 Å². The van der Waals surface area contributed by atoms with Crippen LogP contribution in [0.3, 0.4) is 0 Å². The first-order valence-corrected chi connectivity index (χ1v) is 12.1. The Morgan fingerprint density at radius 3 is 2.50 bits per heavy atom. The van der Waals surface area contributed by atoms with Gasteiger partial charge in [-0.3, -0.25) is 9.59 Å². The first-order valence-electron chi connectivity index (χ1n) is 10.1. The van der Waals surface area contributed by atoms with Gasteiger partial charge < -0.3 is 16.0 Å².